The first-order valence-corrected chi connectivity index (χ1v) is 11.6. The molecule has 0 aliphatic carbocycles. The van der Waals surface area contributed by atoms with Gasteiger partial charge in [0.1, 0.15) is 11.4 Å². The molecule has 0 saturated carbocycles. The molecule has 0 amide bonds. The van der Waals surface area contributed by atoms with Gasteiger partial charge >= 0.3 is 0 Å². The van der Waals surface area contributed by atoms with E-state index in [0.717, 1.165) is 22.6 Å². The van der Waals surface area contributed by atoms with E-state index in [2.05, 4.69) is 82.7 Å². The van der Waals surface area contributed by atoms with E-state index >= 15 is 0 Å². The molecule has 2 heterocycles. The maximum atomic E-state index is 10.6. The fourth-order valence-electron chi connectivity index (χ4n) is 5.42. The van der Waals surface area contributed by atoms with E-state index in [-0.39, 0.29) is 5.41 Å². The number of fused-ring (bicyclic) bond motifs is 4. The largest absolute Gasteiger partial charge is 0.462 e. The standard InChI is InChI=1S/C29H24N4O2/c1-28(2)25-10-6-7-11-26(25)33-19-20-18-24(31-30-22-12-14-23(32-34)15-13-22)16-17-27(20)35-29(28,33)21-8-4-3-5-9-21/h3-18H,19H2,1-2H3. The van der Waals surface area contributed by atoms with Gasteiger partial charge in [-0.3, -0.25) is 0 Å². The number of para-hydroxylation sites is 1. The molecule has 172 valence electrons. The van der Waals surface area contributed by atoms with Crippen molar-refractivity contribution in [2.45, 2.75) is 31.5 Å². The Bertz CT molecular complexity index is 1450. The van der Waals surface area contributed by atoms with Crippen LogP contribution in [0.5, 0.6) is 5.75 Å². The van der Waals surface area contributed by atoms with Gasteiger partial charge < -0.3 is 9.64 Å². The lowest BCUT2D eigenvalue weighted by molar-refractivity contribution is -0.00809. The molecule has 0 spiro atoms. The molecule has 0 saturated heterocycles. The quantitative estimate of drug-likeness (QED) is 0.229. The van der Waals surface area contributed by atoms with Gasteiger partial charge in [-0.2, -0.15) is 10.2 Å². The average Bonchev–Trinajstić information content (AvgIpc) is 3.10. The van der Waals surface area contributed by atoms with Crippen molar-refractivity contribution in [1.82, 2.24) is 0 Å². The normalized spacial score (nSPS) is 19.5. The van der Waals surface area contributed by atoms with Crippen molar-refractivity contribution in [1.29, 1.82) is 0 Å². The minimum absolute atomic E-state index is 0.288. The third kappa shape index (κ3) is 3.17. The van der Waals surface area contributed by atoms with Crippen molar-refractivity contribution in [3.8, 4) is 5.75 Å². The van der Waals surface area contributed by atoms with Gasteiger partial charge in [0, 0.05) is 16.8 Å². The number of hydrogen-bond donors (Lipinski definition) is 0. The highest BCUT2D eigenvalue weighted by Crippen LogP contribution is 2.60. The number of nitrogens with zero attached hydrogens (tertiary/aromatic N) is 4. The second kappa shape index (κ2) is 7.87. The van der Waals surface area contributed by atoms with Crippen molar-refractivity contribution >= 4 is 22.7 Å². The van der Waals surface area contributed by atoms with Gasteiger partial charge in [-0.05, 0) is 73.1 Å². The van der Waals surface area contributed by atoms with Crippen molar-refractivity contribution in [3.05, 3.63) is 119 Å². The van der Waals surface area contributed by atoms with Crippen LogP contribution in [0.4, 0.5) is 22.7 Å². The molecule has 6 nitrogen and oxygen atoms in total. The molecule has 1 unspecified atom stereocenters. The minimum atomic E-state index is -0.664. The molecule has 0 fully saturated rings. The summed E-state index contributed by atoms with van der Waals surface area (Å²) in [5.74, 6) is 0.853. The van der Waals surface area contributed by atoms with E-state index in [0.29, 0.717) is 17.9 Å². The van der Waals surface area contributed by atoms with Gasteiger partial charge in [0.25, 0.3) is 0 Å². The first kappa shape index (κ1) is 21.2. The Labute approximate surface area is 203 Å². The molecule has 2 aliphatic rings. The van der Waals surface area contributed by atoms with Crippen LogP contribution in [0.3, 0.4) is 0 Å². The Balaban J connectivity index is 1.42. The predicted octanol–water partition coefficient (Wildman–Crippen LogP) is 8.04. The summed E-state index contributed by atoms with van der Waals surface area (Å²) in [6, 6.07) is 31.7. The molecule has 6 heteroatoms. The Morgan fingerprint density at radius 3 is 2.20 bits per heavy atom. The van der Waals surface area contributed by atoms with Crippen LogP contribution in [0.1, 0.15) is 30.5 Å². The zero-order valence-corrected chi connectivity index (χ0v) is 19.6. The zero-order chi connectivity index (χ0) is 24.0. The molecule has 0 radical (unpaired) electrons. The monoisotopic (exact) mass is 460 g/mol. The fourth-order valence-corrected chi connectivity index (χ4v) is 5.42. The summed E-state index contributed by atoms with van der Waals surface area (Å²) in [7, 11) is 0. The molecule has 4 aromatic rings. The smallest absolute Gasteiger partial charge is 0.218 e. The zero-order valence-electron chi connectivity index (χ0n) is 19.6. The first-order valence-electron chi connectivity index (χ1n) is 11.6. The fraction of sp³-hybridized carbons (Fsp3) is 0.172. The molecular weight excluding hydrogens is 436 g/mol. The SMILES string of the molecule is CC1(C)c2ccccc2N2Cc3cc(N=Nc4ccc(N=O)cc4)ccc3OC21c1ccccc1. The van der Waals surface area contributed by atoms with Crippen LogP contribution < -0.4 is 9.64 Å². The van der Waals surface area contributed by atoms with Gasteiger partial charge in [-0.15, -0.1) is 4.91 Å². The van der Waals surface area contributed by atoms with Crippen LogP contribution in [0.2, 0.25) is 0 Å². The Morgan fingerprint density at radius 2 is 1.43 bits per heavy atom. The van der Waals surface area contributed by atoms with E-state index in [1.54, 1.807) is 24.3 Å². The molecule has 2 aliphatic heterocycles. The van der Waals surface area contributed by atoms with Gasteiger partial charge in [-0.1, -0.05) is 48.5 Å². The minimum Gasteiger partial charge on any atom is -0.462 e. The van der Waals surface area contributed by atoms with Gasteiger partial charge in [0.05, 0.1) is 23.3 Å². The molecule has 6 rings (SSSR count). The highest BCUT2D eigenvalue weighted by Gasteiger charge is 2.61. The van der Waals surface area contributed by atoms with Crippen molar-refractivity contribution in [3.63, 3.8) is 0 Å². The summed E-state index contributed by atoms with van der Waals surface area (Å²) in [5.41, 5.74) is 5.45. The number of anilines is 1. The lowest BCUT2D eigenvalue weighted by atomic mass is 9.73. The maximum Gasteiger partial charge on any atom is 0.218 e. The lowest BCUT2D eigenvalue weighted by Crippen LogP contribution is -2.58. The number of azo groups is 1. The molecule has 4 aromatic carbocycles. The number of hydrogen-bond acceptors (Lipinski definition) is 6. The van der Waals surface area contributed by atoms with Gasteiger partial charge in [-0.25, -0.2) is 0 Å². The van der Waals surface area contributed by atoms with Crippen LogP contribution in [-0.2, 0) is 17.7 Å². The third-order valence-electron chi connectivity index (χ3n) is 7.13. The van der Waals surface area contributed by atoms with Gasteiger partial charge in [0.15, 0.2) is 0 Å². The number of ether oxygens (including phenoxy) is 1. The van der Waals surface area contributed by atoms with Crippen LogP contribution in [0.15, 0.2) is 112 Å². The van der Waals surface area contributed by atoms with Crippen LogP contribution >= 0.6 is 0 Å². The summed E-state index contributed by atoms with van der Waals surface area (Å²) >= 11 is 0. The highest BCUT2D eigenvalue weighted by molar-refractivity contribution is 5.70. The predicted molar refractivity (Wildman–Crippen MR) is 137 cm³/mol. The topological polar surface area (TPSA) is 66.6 Å². The van der Waals surface area contributed by atoms with Crippen molar-refractivity contribution in [2.75, 3.05) is 4.90 Å². The van der Waals surface area contributed by atoms with E-state index in [1.807, 2.05) is 24.3 Å². The third-order valence-corrected chi connectivity index (χ3v) is 7.13. The Kier molecular flexibility index (Phi) is 4.78. The van der Waals surface area contributed by atoms with Gasteiger partial charge in [0.2, 0.25) is 5.72 Å². The Morgan fingerprint density at radius 1 is 0.771 bits per heavy atom. The molecule has 0 aromatic heterocycles. The summed E-state index contributed by atoms with van der Waals surface area (Å²) in [6.45, 7) is 5.21. The first-order chi connectivity index (χ1) is 17.0. The van der Waals surface area contributed by atoms with Crippen molar-refractivity contribution < 1.29 is 4.74 Å². The number of nitroso groups, excluding NO2 is 1. The Hall–Kier alpha value is -4.32. The maximum absolute atomic E-state index is 10.6. The number of rotatable bonds is 4. The van der Waals surface area contributed by atoms with Crippen LogP contribution in [-0.4, -0.2) is 0 Å². The average molecular weight is 461 g/mol. The molecule has 1 atom stereocenters. The summed E-state index contributed by atoms with van der Waals surface area (Å²) < 4.78 is 6.98. The van der Waals surface area contributed by atoms with Crippen LogP contribution in [0.25, 0.3) is 0 Å². The molecular formula is C29H24N4O2. The second-order valence-corrected chi connectivity index (χ2v) is 9.44. The van der Waals surface area contributed by atoms with E-state index in [1.165, 1.54) is 11.3 Å². The molecule has 0 bridgehead atoms. The lowest BCUT2D eigenvalue weighted by Gasteiger charge is -2.50. The summed E-state index contributed by atoms with van der Waals surface area (Å²) in [6.07, 6.45) is 0. The number of benzene rings is 4. The summed E-state index contributed by atoms with van der Waals surface area (Å²) in [5, 5.41) is 11.6. The van der Waals surface area contributed by atoms with Crippen LogP contribution in [0, 0.1) is 4.91 Å². The van der Waals surface area contributed by atoms with E-state index < -0.39 is 5.72 Å². The molecule has 0 N–H and O–H groups in total. The highest BCUT2D eigenvalue weighted by atomic mass is 16.5. The summed E-state index contributed by atoms with van der Waals surface area (Å²) in [4.78, 5) is 13.0. The molecule has 35 heavy (non-hydrogen) atoms. The van der Waals surface area contributed by atoms with E-state index in [4.69, 9.17) is 4.74 Å². The van der Waals surface area contributed by atoms with Crippen molar-refractivity contribution in [2.24, 2.45) is 15.4 Å². The second-order valence-electron chi connectivity index (χ2n) is 9.44. The van der Waals surface area contributed by atoms with E-state index in [9.17, 15) is 4.91 Å².